The van der Waals surface area contributed by atoms with Gasteiger partial charge >= 0.3 is 0 Å². The zero-order chi connectivity index (χ0) is 16.0. The molecular formula is C14H18N2O4S. The van der Waals surface area contributed by atoms with Gasteiger partial charge < -0.3 is 0 Å². The fourth-order valence-electron chi connectivity index (χ4n) is 2.00. The molecule has 0 bridgehead atoms. The van der Waals surface area contributed by atoms with Gasteiger partial charge in [-0.05, 0) is 38.5 Å². The van der Waals surface area contributed by atoms with Crippen LogP contribution >= 0.6 is 0 Å². The van der Waals surface area contributed by atoms with Crippen LogP contribution in [0.2, 0.25) is 0 Å². The fourth-order valence-corrected chi connectivity index (χ4v) is 3.51. The van der Waals surface area contributed by atoms with E-state index >= 15 is 0 Å². The minimum atomic E-state index is -3.74. The van der Waals surface area contributed by atoms with E-state index in [1.807, 2.05) is 6.92 Å². The Morgan fingerprint density at radius 3 is 2.29 bits per heavy atom. The van der Waals surface area contributed by atoms with Crippen molar-refractivity contribution in [3.05, 3.63) is 29.3 Å². The number of hydrogen-bond acceptors (Lipinski definition) is 4. The second-order valence-electron chi connectivity index (χ2n) is 5.72. The maximum absolute atomic E-state index is 12.4. The van der Waals surface area contributed by atoms with Crippen LogP contribution in [-0.2, 0) is 10.0 Å². The topological polar surface area (TPSA) is 83.6 Å². The number of amides is 2. The van der Waals surface area contributed by atoms with Gasteiger partial charge in [0.15, 0.2) is 0 Å². The highest BCUT2D eigenvalue weighted by molar-refractivity contribution is 7.89. The molecule has 0 saturated heterocycles. The van der Waals surface area contributed by atoms with E-state index in [4.69, 9.17) is 0 Å². The molecule has 1 aromatic rings. The van der Waals surface area contributed by atoms with Crippen molar-refractivity contribution in [3.8, 4) is 0 Å². The van der Waals surface area contributed by atoms with Crippen LogP contribution in [0.4, 0.5) is 0 Å². The van der Waals surface area contributed by atoms with E-state index in [0.29, 0.717) is 6.42 Å². The maximum Gasteiger partial charge on any atom is 0.261 e. The lowest BCUT2D eigenvalue weighted by molar-refractivity contribution is 0.0693. The minimum absolute atomic E-state index is 0.0146. The van der Waals surface area contributed by atoms with Gasteiger partial charge in [-0.3, -0.25) is 14.5 Å². The van der Waals surface area contributed by atoms with Crippen LogP contribution in [0, 0.1) is 0 Å². The van der Waals surface area contributed by atoms with Crippen molar-refractivity contribution < 1.29 is 18.0 Å². The molecule has 1 aromatic carbocycles. The van der Waals surface area contributed by atoms with E-state index in [2.05, 4.69) is 4.72 Å². The van der Waals surface area contributed by atoms with E-state index < -0.39 is 27.4 Å². The van der Waals surface area contributed by atoms with Crippen molar-refractivity contribution in [2.24, 2.45) is 0 Å². The first kappa shape index (κ1) is 15.7. The average Bonchev–Trinajstić information content (AvgIpc) is 2.62. The van der Waals surface area contributed by atoms with Crippen LogP contribution in [-0.4, -0.2) is 37.7 Å². The summed E-state index contributed by atoms with van der Waals surface area (Å²) in [5, 5.41) is 0. The van der Waals surface area contributed by atoms with E-state index in [9.17, 15) is 18.0 Å². The minimum Gasteiger partial charge on any atom is -0.277 e. The largest absolute Gasteiger partial charge is 0.277 e. The lowest BCUT2D eigenvalue weighted by Crippen LogP contribution is -2.42. The van der Waals surface area contributed by atoms with Crippen LogP contribution in [0.15, 0.2) is 23.1 Å². The summed E-state index contributed by atoms with van der Waals surface area (Å²) >= 11 is 0. The number of nitrogens with zero attached hydrogens (tertiary/aromatic N) is 1. The van der Waals surface area contributed by atoms with Crippen LogP contribution in [0.3, 0.4) is 0 Å². The van der Waals surface area contributed by atoms with Crippen molar-refractivity contribution in [2.45, 2.75) is 37.6 Å². The van der Waals surface area contributed by atoms with Gasteiger partial charge in [0.05, 0.1) is 16.0 Å². The Labute approximate surface area is 124 Å². The van der Waals surface area contributed by atoms with Gasteiger partial charge in [-0.25, -0.2) is 13.1 Å². The molecular weight excluding hydrogens is 292 g/mol. The number of imide groups is 1. The number of carbonyl (C=O) groups excluding carboxylic acids is 2. The number of rotatable bonds is 4. The lowest BCUT2D eigenvalue weighted by atomic mass is 10.0. The normalized spacial score (nSPS) is 15.5. The zero-order valence-corrected chi connectivity index (χ0v) is 13.2. The van der Waals surface area contributed by atoms with Gasteiger partial charge in [0, 0.05) is 12.6 Å². The highest BCUT2D eigenvalue weighted by atomic mass is 32.2. The number of hydrogen-bond donors (Lipinski definition) is 1. The van der Waals surface area contributed by atoms with E-state index in [0.717, 1.165) is 4.90 Å². The zero-order valence-electron chi connectivity index (χ0n) is 12.4. The van der Waals surface area contributed by atoms with Crippen LogP contribution in [0.1, 0.15) is 47.9 Å². The molecule has 1 aliphatic rings. The Kier molecular flexibility index (Phi) is 3.67. The first-order valence-electron chi connectivity index (χ1n) is 6.59. The molecule has 0 aromatic heterocycles. The molecule has 1 aliphatic heterocycles. The third-order valence-electron chi connectivity index (χ3n) is 3.67. The Hall–Kier alpha value is -1.73. The number of benzene rings is 1. The Morgan fingerprint density at radius 2 is 1.71 bits per heavy atom. The van der Waals surface area contributed by atoms with E-state index in [-0.39, 0.29) is 16.0 Å². The molecule has 0 fully saturated rings. The predicted octanol–water partition coefficient (Wildman–Crippen LogP) is 1.38. The fraction of sp³-hybridized carbons (Fsp3) is 0.429. The molecule has 0 aliphatic carbocycles. The molecule has 7 heteroatoms. The van der Waals surface area contributed by atoms with Crippen LogP contribution in [0.5, 0.6) is 0 Å². The summed E-state index contributed by atoms with van der Waals surface area (Å²) in [6.45, 7) is 5.43. The molecule has 6 nitrogen and oxygen atoms in total. The number of carbonyl (C=O) groups is 2. The van der Waals surface area contributed by atoms with Gasteiger partial charge in [-0.2, -0.15) is 0 Å². The summed E-state index contributed by atoms with van der Waals surface area (Å²) in [6.07, 6.45) is 0.622. The molecule has 21 heavy (non-hydrogen) atoms. The van der Waals surface area contributed by atoms with Gasteiger partial charge in [0.2, 0.25) is 10.0 Å². The molecule has 2 rings (SSSR count). The maximum atomic E-state index is 12.4. The summed E-state index contributed by atoms with van der Waals surface area (Å²) in [4.78, 5) is 24.7. The van der Waals surface area contributed by atoms with Crippen LogP contribution < -0.4 is 4.72 Å². The van der Waals surface area contributed by atoms with Crippen LogP contribution in [0.25, 0.3) is 0 Å². The van der Waals surface area contributed by atoms with Gasteiger partial charge in [-0.15, -0.1) is 0 Å². The van der Waals surface area contributed by atoms with Gasteiger partial charge in [0.25, 0.3) is 11.8 Å². The standard InChI is InChI=1S/C14H18N2O4S/c1-5-14(2,3)15-21(19,20)9-6-7-10-11(8-9)13(18)16(4)12(10)17/h6-8,15H,5H2,1-4H3. The Balaban J connectivity index is 2.45. The molecule has 0 radical (unpaired) electrons. The second kappa shape index (κ2) is 4.92. The molecule has 0 spiro atoms. The van der Waals surface area contributed by atoms with Crippen molar-refractivity contribution in [2.75, 3.05) is 7.05 Å². The molecule has 0 saturated carbocycles. The molecule has 2 amide bonds. The first-order chi connectivity index (χ1) is 9.59. The Morgan fingerprint density at radius 1 is 1.14 bits per heavy atom. The summed E-state index contributed by atoms with van der Waals surface area (Å²) in [5.41, 5.74) is -0.232. The van der Waals surface area contributed by atoms with Crippen molar-refractivity contribution in [1.82, 2.24) is 9.62 Å². The number of nitrogens with one attached hydrogen (secondary N) is 1. The number of sulfonamides is 1. The predicted molar refractivity (Wildman–Crippen MR) is 77.6 cm³/mol. The molecule has 1 N–H and O–H groups in total. The lowest BCUT2D eigenvalue weighted by Gasteiger charge is -2.24. The Bertz CT molecular complexity index is 722. The highest BCUT2D eigenvalue weighted by Crippen LogP contribution is 2.25. The van der Waals surface area contributed by atoms with E-state index in [1.54, 1.807) is 13.8 Å². The van der Waals surface area contributed by atoms with Crippen molar-refractivity contribution in [3.63, 3.8) is 0 Å². The van der Waals surface area contributed by atoms with Crippen molar-refractivity contribution >= 4 is 21.8 Å². The average molecular weight is 310 g/mol. The summed E-state index contributed by atoms with van der Waals surface area (Å²) in [6, 6.07) is 3.98. The third kappa shape index (κ3) is 2.71. The van der Waals surface area contributed by atoms with Crippen molar-refractivity contribution in [1.29, 1.82) is 0 Å². The summed E-state index contributed by atoms with van der Waals surface area (Å²) < 4.78 is 27.3. The molecule has 1 heterocycles. The quantitative estimate of drug-likeness (QED) is 0.852. The molecule has 114 valence electrons. The van der Waals surface area contributed by atoms with Gasteiger partial charge in [-0.1, -0.05) is 6.92 Å². The van der Waals surface area contributed by atoms with E-state index in [1.165, 1.54) is 25.2 Å². The molecule has 0 atom stereocenters. The van der Waals surface area contributed by atoms with Gasteiger partial charge in [0.1, 0.15) is 0 Å². The summed E-state index contributed by atoms with van der Waals surface area (Å²) in [7, 11) is -2.37. The number of fused-ring (bicyclic) bond motifs is 1. The smallest absolute Gasteiger partial charge is 0.261 e. The second-order valence-corrected chi connectivity index (χ2v) is 7.40. The summed E-state index contributed by atoms with van der Waals surface area (Å²) in [5.74, 6) is -0.900. The monoisotopic (exact) mass is 310 g/mol. The first-order valence-corrected chi connectivity index (χ1v) is 8.08. The SMILES string of the molecule is CCC(C)(C)NS(=O)(=O)c1ccc2c(c1)C(=O)N(C)C2=O. The molecule has 0 unspecified atom stereocenters. The highest BCUT2D eigenvalue weighted by Gasteiger charge is 2.34. The third-order valence-corrected chi connectivity index (χ3v) is 5.36.